The molecule has 5 heteroatoms. The first-order valence-corrected chi connectivity index (χ1v) is 7.85. The van der Waals surface area contributed by atoms with Crippen molar-refractivity contribution in [2.75, 3.05) is 0 Å². The maximum absolute atomic E-state index is 10.1. The van der Waals surface area contributed by atoms with E-state index in [1.807, 2.05) is 19.3 Å². The first kappa shape index (κ1) is 11.4. The number of hydrogen-bond donors (Lipinski definition) is 2. The zero-order valence-electron chi connectivity index (χ0n) is 9.33. The van der Waals surface area contributed by atoms with Crippen LogP contribution in [-0.2, 0) is 6.42 Å². The highest BCUT2D eigenvalue weighted by molar-refractivity contribution is 6.72. The van der Waals surface area contributed by atoms with Crippen LogP contribution in [0.2, 0.25) is 18.1 Å². The number of aryl methyl sites for hydroxylation is 1. The molecule has 80 valence electrons. The van der Waals surface area contributed by atoms with Crippen molar-refractivity contribution in [2.24, 2.45) is 0 Å². The van der Waals surface area contributed by atoms with Crippen molar-refractivity contribution in [1.82, 2.24) is 15.4 Å². The number of aromatic nitrogens is 3. The van der Waals surface area contributed by atoms with Crippen molar-refractivity contribution < 1.29 is 4.80 Å². The fourth-order valence-corrected chi connectivity index (χ4v) is 1.83. The summed E-state index contributed by atoms with van der Waals surface area (Å²) in [4.78, 5) is 10.1. The number of nitrogens with zero attached hydrogens (tertiary/aromatic N) is 2. The van der Waals surface area contributed by atoms with E-state index in [9.17, 15) is 4.80 Å². The molecule has 0 radical (unpaired) electrons. The highest BCUT2D eigenvalue weighted by Gasteiger charge is 2.37. The van der Waals surface area contributed by atoms with Gasteiger partial charge in [0.2, 0.25) is 0 Å². The van der Waals surface area contributed by atoms with Crippen LogP contribution >= 0.6 is 0 Å². The van der Waals surface area contributed by atoms with E-state index in [0.29, 0.717) is 0 Å². The quantitative estimate of drug-likeness (QED) is 0.749. The number of aromatic amines is 1. The summed E-state index contributed by atoms with van der Waals surface area (Å²) in [6.45, 7) is 8.21. The van der Waals surface area contributed by atoms with Crippen molar-refractivity contribution in [2.45, 2.75) is 44.8 Å². The Labute approximate surface area is 85.9 Å². The van der Waals surface area contributed by atoms with Crippen molar-refractivity contribution in [3.63, 3.8) is 0 Å². The second-order valence-electron chi connectivity index (χ2n) is 4.91. The van der Waals surface area contributed by atoms with Gasteiger partial charge in [-0.05, 0) is 31.0 Å². The monoisotopic (exact) mass is 213 g/mol. The fraction of sp³-hybridized carbons (Fsp3) is 0.778. The van der Waals surface area contributed by atoms with Crippen LogP contribution in [0.15, 0.2) is 6.20 Å². The Hall–Kier alpha value is -0.683. The number of nitrogens with one attached hydrogen (secondary N) is 1. The largest absolute Gasteiger partial charge is 0.432 e. The first-order valence-electron chi connectivity index (χ1n) is 4.91. The molecule has 1 rings (SSSR count). The molecular weight excluding hydrogens is 194 g/mol. The van der Waals surface area contributed by atoms with Gasteiger partial charge in [-0.3, -0.25) is 5.10 Å². The topological polar surface area (TPSA) is 61.8 Å². The van der Waals surface area contributed by atoms with Gasteiger partial charge in [0, 0.05) is 6.20 Å². The maximum Gasteiger partial charge on any atom is 0.188 e. The second kappa shape index (κ2) is 3.82. The minimum Gasteiger partial charge on any atom is -0.432 e. The summed E-state index contributed by atoms with van der Waals surface area (Å²) in [5.41, 5.74) is 0.969. The lowest BCUT2D eigenvalue weighted by Gasteiger charge is -2.34. The summed E-state index contributed by atoms with van der Waals surface area (Å²) >= 11 is 0. The Morgan fingerprint density at radius 2 is 2.14 bits per heavy atom. The summed E-state index contributed by atoms with van der Waals surface area (Å²) in [6.07, 6.45) is 3.64. The molecule has 0 bridgehead atoms. The average molecular weight is 213 g/mol. The number of H-pyrrole nitrogens is 1. The van der Waals surface area contributed by atoms with Gasteiger partial charge in [0.25, 0.3) is 0 Å². The van der Waals surface area contributed by atoms with Gasteiger partial charge in [0.1, 0.15) is 0 Å². The number of rotatable bonds is 4. The van der Waals surface area contributed by atoms with Crippen LogP contribution in [0.5, 0.6) is 0 Å². The minimum atomic E-state index is -2.08. The predicted octanol–water partition coefficient (Wildman–Crippen LogP) is 1.71. The second-order valence-corrected chi connectivity index (χ2v) is 9.38. The van der Waals surface area contributed by atoms with E-state index in [2.05, 4.69) is 29.3 Å². The van der Waals surface area contributed by atoms with Crippen LogP contribution in [0.3, 0.4) is 0 Å². The molecule has 14 heavy (non-hydrogen) atoms. The van der Waals surface area contributed by atoms with Crippen LogP contribution < -0.4 is 0 Å². The highest BCUT2D eigenvalue weighted by atomic mass is 28.4. The Bertz CT molecular complexity index is 277. The summed E-state index contributed by atoms with van der Waals surface area (Å²) < 4.78 is 0. The van der Waals surface area contributed by atoms with Gasteiger partial charge < -0.3 is 4.80 Å². The SMILES string of the molecule is CC(C)(CCc1c[nH]nn1)[Si](C)(C)O. The maximum atomic E-state index is 10.1. The van der Waals surface area contributed by atoms with E-state index in [1.165, 1.54) is 0 Å². The Balaban J connectivity index is 2.53. The molecular formula is C9H19N3OSi. The standard InChI is InChI=1S/C9H19N3OSi/c1-9(2,14(3,4)13)6-5-8-7-10-12-11-8/h7,13H,5-6H2,1-4H3,(H,10,11,12). The summed E-state index contributed by atoms with van der Waals surface area (Å²) in [7, 11) is -2.08. The van der Waals surface area contributed by atoms with E-state index >= 15 is 0 Å². The van der Waals surface area contributed by atoms with Gasteiger partial charge in [0.15, 0.2) is 8.32 Å². The normalized spacial score (nSPS) is 13.2. The third kappa shape index (κ3) is 2.65. The number of hydrogen-bond acceptors (Lipinski definition) is 3. The lowest BCUT2D eigenvalue weighted by Crippen LogP contribution is -2.39. The van der Waals surface area contributed by atoms with E-state index < -0.39 is 8.32 Å². The third-order valence-electron chi connectivity index (χ3n) is 3.13. The van der Waals surface area contributed by atoms with Gasteiger partial charge in [0.05, 0.1) is 5.69 Å². The van der Waals surface area contributed by atoms with Gasteiger partial charge in [-0.25, -0.2) is 0 Å². The summed E-state index contributed by atoms with van der Waals surface area (Å²) in [5.74, 6) is 0. The van der Waals surface area contributed by atoms with Crippen LogP contribution in [0.4, 0.5) is 0 Å². The van der Waals surface area contributed by atoms with Crippen molar-refractivity contribution in [1.29, 1.82) is 0 Å². The highest BCUT2D eigenvalue weighted by Crippen LogP contribution is 2.39. The summed E-state index contributed by atoms with van der Waals surface area (Å²) in [5, 5.41) is 10.3. The minimum absolute atomic E-state index is 0.0198. The lowest BCUT2D eigenvalue weighted by molar-refractivity contribution is 0.450. The van der Waals surface area contributed by atoms with Crippen LogP contribution in [0.25, 0.3) is 0 Å². The van der Waals surface area contributed by atoms with Crippen LogP contribution in [-0.4, -0.2) is 28.5 Å². The molecule has 1 heterocycles. The van der Waals surface area contributed by atoms with E-state index in [4.69, 9.17) is 0 Å². The third-order valence-corrected chi connectivity index (χ3v) is 6.69. The average Bonchev–Trinajstić information content (AvgIpc) is 2.50. The van der Waals surface area contributed by atoms with Crippen molar-refractivity contribution in [3.8, 4) is 0 Å². The smallest absolute Gasteiger partial charge is 0.188 e. The zero-order chi connectivity index (χ0) is 10.8. The lowest BCUT2D eigenvalue weighted by atomic mass is 10.1. The molecule has 0 aliphatic carbocycles. The molecule has 1 aromatic rings. The fourth-order valence-electron chi connectivity index (χ4n) is 1.09. The molecule has 0 spiro atoms. The van der Waals surface area contributed by atoms with E-state index in [1.54, 1.807) is 0 Å². The van der Waals surface area contributed by atoms with Gasteiger partial charge in [-0.15, -0.1) is 5.10 Å². The molecule has 0 amide bonds. The Kier molecular flexibility index (Phi) is 3.11. The van der Waals surface area contributed by atoms with Gasteiger partial charge >= 0.3 is 0 Å². The van der Waals surface area contributed by atoms with Crippen LogP contribution in [0.1, 0.15) is 26.0 Å². The molecule has 0 fully saturated rings. The summed E-state index contributed by atoms with van der Waals surface area (Å²) in [6, 6.07) is 0. The van der Waals surface area contributed by atoms with Crippen molar-refractivity contribution >= 4 is 8.32 Å². The molecule has 0 saturated heterocycles. The van der Waals surface area contributed by atoms with Crippen LogP contribution in [0, 0.1) is 0 Å². The van der Waals surface area contributed by atoms with Gasteiger partial charge in [-0.1, -0.05) is 19.1 Å². The molecule has 0 saturated carbocycles. The van der Waals surface area contributed by atoms with E-state index in [0.717, 1.165) is 18.5 Å². The molecule has 0 aliphatic rings. The zero-order valence-corrected chi connectivity index (χ0v) is 10.3. The Morgan fingerprint density at radius 3 is 2.57 bits per heavy atom. The van der Waals surface area contributed by atoms with E-state index in [-0.39, 0.29) is 5.04 Å². The molecule has 0 unspecified atom stereocenters. The Morgan fingerprint density at radius 1 is 1.50 bits per heavy atom. The molecule has 0 aromatic carbocycles. The molecule has 4 nitrogen and oxygen atoms in total. The predicted molar refractivity (Wildman–Crippen MR) is 58.4 cm³/mol. The van der Waals surface area contributed by atoms with Crippen molar-refractivity contribution in [3.05, 3.63) is 11.9 Å². The molecule has 2 N–H and O–H groups in total. The molecule has 0 atom stereocenters. The molecule has 0 aliphatic heterocycles. The first-order chi connectivity index (χ1) is 6.33. The van der Waals surface area contributed by atoms with Gasteiger partial charge in [-0.2, -0.15) is 0 Å². The molecule has 1 aromatic heterocycles.